The van der Waals surface area contributed by atoms with Crippen LogP contribution in [0.4, 0.5) is 0 Å². The van der Waals surface area contributed by atoms with E-state index in [2.05, 4.69) is 63.5 Å². The van der Waals surface area contributed by atoms with Gasteiger partial charge in [0.25, 0.3) is 0 Å². The minimum atomic E-state index is 1.07. The van der Waals surface area contributed by atoms with E-state index in [1.54, 1.807) is 6.26 Å². The fourth-order valence-electron chi connectivity index (χ4n) is 1.87. The van der Waals surface area contributed by atoms with Gasteiger partial charge in [-0.2, -0.15) is 12.6 Å². The van der Waals surface area contributed by atoms with Crippen LogP contribution < -0.4 is 0 Å². The molecule has 1 heterocycles. The van der Waals surface area contributed by atoms with E-state index in [4.69, 9.17) is 0 Å². The van der Waals surface area contributed by atoms with Gasteiger partial charge in [0, 0.05) is 17.3 Å². The van der Waals surface area contributed by atoms with E-state index in [9.17, 15) is 0 Å². The van der Waals surface area contributed by atoms with Gasteiger partial charge in [0.05, 0.1) is 0 Å². The number of unbranched alkanes of at least 4 members (excludes halogenated alkanes) is 4. The Morgan fingerprint density at radius 2 is 1.30 bits per heavy atom. The Morgan fingerprint density at radius 3 is 1.78 bits per heavy atom. The highest BCUT2D eigenvalue weighted by atomic mass is 32.1. The predicted molar refractivity (Wildman–Crippen MR) is 112 cm³/mol. The fourth-order valence-corrected chi connectivity index (χ4v) is 1.87. The van der Waals surface area contributed by atoms with Gasteiger partial charge in [-0.05, 0) is 24.6 Å². The molecule has 2 aromatic rings. The third kappa shape index (κ3) is 14.3. The fraction of sp³-hybridized carbons (Fsp3) is 0.571. The van der Waals surface area contributed by atoms with Crippen molar-refractivity contribution in [3.8, 4) is 0 Å². The van der Waals surface area contributed by atoms with E-state index in [0.717, 1.165) is 5.69 Å². The second-order valence-corrected chi connectivity index (χ2v) is 5.44. The van der Waals surface area contributed by atoms with Gasteiger partial charge in [0.15, 0.2) is 0 Å². The van der Waals surface area contributed by atoms with E-state index >= 15 is 0 Å². The zero-order valence-corrected chi connectivity index (χ0v) is 17.0. The largest absolute Gasteiger partial charge is 0.261 e. The molecule has 0 amide bonds. The van der Waals surface area contributed by atoms with E-state index in [0.29, 0.717) is 0 Å². The molecule has 0 spiro atoms. The molecule has 0 N–H and O–H groups in total. The molecule has 0 atom stereocenters. The van der Waals surface area contributed by atoms with Gasteiger partial charge in [0.2, 0.25) is 0 Å². The molecule has 23 heavy (non-hydrogen) atoms. The Morgan fingerprint density at radius 1 is 0.826 bits per heavy atom. The molecule has 0 fully saturated rings. The summed E-state index contributed by atoms with van der Waals surface area (Å²) in [5, 5.41) is 2.47. The van der Waals surface area contributed by atoms with Crippen LogP contribution in [-0.2, 0) is 0 Å². The van der Waals surface area contributed by atoms with Crippen LogP contribution in [0.5, 0.6) is 0 Å². The number of thiol groups is 1. The van der Waals surface area contributed by atoms with Crippen LogP contribution in [0.3, 0.4) is 0 Å². The van der Waals surface area contributed by atoms with Crippen molar-refractivity contribution < 1.29 is 0 Å². The molecule has 132 valence electrons. The lowest BCUT2D eigenvalue weighted by atomic mass is 10.1. The van der Waals surface area contributed by atoms with Crippen molar-refractivity contribution in [3.63, 3.8) is 0 Å². The van der Waals surface area contributed by atoms with Crippen LogP contribution in [-0.4, -0.2) is 11.2 Å². The lowest BCUT2D eigenvalue weighted by Crippen LogP contribution is -1.79. The summed E-state index contributed by atoms with van der Waals surface area (Å²) in [6.07, 6.45) is 11.9. The molecular weight excluding hydrogens is 298 g/mol. The molecule has 2 rings (SSSR count). The molecule has 1 aromatic carbocycles. The summed E-state index contributed by atoms with van der Waals surface area (Å²) in [5.41, 5.74) is 1.07. The normalized spacial score (nSPS) is 8.83. The number of rotatable bonds is 4. The standard InChI is InChI=1S/C10H9N.C7H16.C3H8.CH4S/c1-8-6-9-4-2-3-5-10(9)7-11-8;1-3-5-7-6-4-2;1-3-2;1-2/h2-7H,1H3;3-7H2,1-2H3;3H2,1-2H3;2H,1H3. The van der Waals surface area contributed by atoms with Crippen molar-refractivity contribution in [1.29, 1.82) is 0 Å². The van der Waals surface area contributed by atoms with Gasteiger partial charge in [-0.15, -0.1) is 0 Å². The van der Waals surface area contributed by atoms with Crippen molar-refractivity contribution in [3.05, 3.63) is 42.2 Å². The minimum Gasteiger partial charge on any atom is -0.261 e. The number of pyridine rings is 1. The first-order chi connectivity index (χ1) is 11.2. The zero-order chi connectivity index (χ0) is 17.9. The van der Waals surface area contributed by atoms with E-state index in [-0.39, 0.29) is 0 Å². The van der Waals surface area contributed by atoms with E-state index in [1.165, 1.54) is 49.3 Å². The number of fused-ring (bicyclic) bond motifs is 1. The summed E-state index contributed by atoms with van der Waals surface area (Å²) < 4.78 is 0. The molecule has 0 aliphatic carbocycles. The number of benzene rings is 1. The highest BCUT2D eigenvalue weighted by Gasteiger charge is 1.90. The van der Waals surface area contributed by atoms with E-state index < -0.39 is 0 Å². The minimum absolute atomic E-state index is 1.07. The lowest BCUT2D eigenvalue weighted by Gasteiger charge is -1.96. The third-order valence-electron chi connectivity index (χ3n) is 2.97. The molecular formula is C21H37NS. The highest BCUT2D eigenvalue weighted by molar-refractivity contribution is 7.79. The summed E-state index contributed by atoms with van der Waals surface area (Å²) in [6, 6.07) is 10.3. The number of aromatic nitrogens is 1. The molecule has 0 saturated carbocycles. The van der Waals surface area contributed by atoms with Crippen molar-refractivity contribution in [2.75, 3.05) is 6.26 Å². The van der Waals surface area contributed by atoms with Gasteiger partial charge in [-0.3, -0.25) is 4.98 Å². The number of hydrogen-bond donors (Lipinski definition) is 1. The summed E-state index contributed by atoms with van der Waals surface area (Å²) in [4.78, 5) is 4.21. The Hall–Kier alpha value is -1.02. The Balaban J connectivity index is 0. The van der Waals surface area contributed by atoms with Crippen molar-refractivity contribution in [2.24, 2.45) is 0 Å². The summed E-state index contributed by atoms with van der Waals surface area (Å²) in [5.74, 6) is 0. The van der Waals surface area contributed by atoms with Crippen molar-refractivity contribution in [1.82, 2.24) is 4.98 Å². The molecule has 1 aromatic heterocycles. The van der Waals surface area contributed by atoms with Gasteiger partial charge in [-0.1, -0.05) is 90.5 Å². The highest BCUT2D eigenvalue weighted by Crippen LogP contribution is 2.12. The van der Waals surface area contributed by atoms with Crippen LogP contribution in [0.1, 0.15) is 71.9 Å². The summed E-state index contributed by atoms with van der Waals surface area (Å²) >= 11 is 3.53. The first kappa shape index (κ1) is 24.2. The molecule has 0 bridgehead atoms. The first-order valence-corrected chi connectivity index (χ1v) is 9.85. The SMILES string of the molecule is CCC.CCCCCCC.CS.Cc1cc2ccccc2cn1. The predicted octanol–water partition coefficient (Wildman–Crippen LogP) is 7.48. The maximum atomic E-state index is 4.21. The van der Waals surface area contributed by atoms with Crippen LogP contribution in [0.25, 0.3) is 10.8 Å². The second kappa shape index (κ2) is 19.0. The molecule has 2 heteroatoms. The van der Waals surface area contributed by atoms with Gasteiger partial charge < -0.3 is 0 Å². The monoisotopic (exact) mass is 335 g/mol. The average Bonchev–Trinajstić information content (AvgIpc) is 2.58. The topological polar surface area (TPSA) is 12.9 Å². The molecule has 1 nitrogen and oxygen atoms in total. The van der Waals surface area contributed by atoms with Gasteiger partial charge in [0.1, 0.15) is 0 Å². The number of nitrogens with zero attached hydrogens (tertiary/aromatic N) is 1. The second-order valence-electron chi connectivity index (χ2n) is 5.44. The van der Waals surface area contributed by atoms with Crippen molar-refractivity contribution in [2.45, 2.75) is 73.1 Å². The maximum absolute atomic E-state index is 4.21. The smallest absolute Gasteiger partial charge is 0.0379 e. The third-order valence-corrected chi connectivity index (χ3v) is 2.97. The summed E-state index contributed by atoms with van der Waals surface area (Å²) in [6.45, 7) is 10.7. The zero-order valence-electron chi connectivity index (χ0n) is 16.1. The Kier molecular flexibility index (Phi) is 20.0. The van der Waals surface area contributed by atoms with Crippen LogP contribution >= 0.6 is 12.6 Å². The van der Waals surface area contributed by atoms with E-state index in [1.807, 2.05) is 25.3 Å². The summed E-state index contributed by atoms with van der Waals surface area (Å²) in [7, 11) is 0. The van der Waals surface area contributed by atoms with Gasteiger partial charge in [-0.25, -0.2) is 0 Å². The van der Waals surface area contributed by atoms with Crippen LogP contribution in [0.2, 0.25) is 0 Å². The number of hydrogen-bond acceptors (Lipinski definition) is 2. The average molecular weight is 336 g/mol. The molecule has 0 saturated heterocycles. The molecule has 0 radical (unpaired) electrons. The molecule has 0 aliphatic heterocycles. The van der Waals surface area contributed by atoms with Crippen molar-refractivity contribution >= 4 is 23.4 Å². The first-order valence-electron chi connectivity index (χ1n) is 8.95. The Bertz CT molecular complexity index is 464. The molecule has 0 aliphatic rings. The lowest BCUT2D eigenvalue weighted by molar-refractivity contribution is 0.656. The number of aryl methyl sites for hydroxylation is 1. The maximum Gasteiger partial charge on any atom is 0.0379 e. The molecule has 0 unspecified atom stereocenters. The van der Waals surface area contributed by atoms with Crippen LogP contribution in [0.15, 0.2) is 36.5 Å². The quantitative estimate of drug-likeness (QED) is 0.451. The van der Waals surface area contributed by atoms with Gasteiger partial charge >= 0.3 is 0 Å². The Labute approximate surface area is 150 Å². The van der Waals surface area contributed by atoms with Crippen LogP contribution in [0, 0.1) is 6.92 Å².